The summed E-state index contributed by atoms with van der Waals surface area (Å²) in [6.45, 7) is 4.30. The molecule has 2 aromatic rings. The molecule has 3 rings (SSSR count). The Kier molecular flexibility index (Phi) is 5.26. The predicted molar refractivity (Wildman–Crippen MR) is 102 cm³/mol. The van der Waals surface area contributed by atoms with E-state index in [1.165, 1.54) is 0 Å². The highest BCUT2D eigenvalue weighted by atomic mass is 16.4. The molecule has 2 amide bonds. The molecule has 0 saturated carbocycles. The molecular formula is C21H22N2O4. The number of rotatable bonds is 4. The number of carboxylic acid groups (broad SMARTS) is 1. The van der Waals surface area contributed by atoms with Crippen molar-refractivity contribution in [2.24, 2.45) is 11.8 Å². The fourth-order valence-electron chi connectivity index (χ4n) is 3.38. The molecule has 1 fully saturated rings. The minimum absolute atomic E-state index is 0.111. The Balaban J connectivity index is 1.81. The van der Waals surface area contributed by atoms with Gasteiger partial charge in [-0.05, 0) is 37.1 Å². The Morgan fingerprint density at radius 2 is 1.81 bits per heavy atom. The van der Waals surface area contributed by atoms with Crippen LogP contribution < -0.4 is 5.32 Å². The normalized spacial score (nSPS) is 19.0. The topological polar surface area (TPSA) is 86.7 Å². The molecule has 2 aromatic carbocycles. The van der Waals surface area contributed by atoms with Crippen LogP contribution in [0.1, 0.15) is 33.2 Å². The average molecular weight is 366 g/mol. The average Bonchev–Trinajstić information content (AvgIpc) is 3.03. The summed E-state index contributed by atoms with van der Waals surface area (Å²) >= 11 is 0. The maximum absolute atomic E-state index is 12.9. The number of amides is 2. The van der Waals surface area contributed by atoms with E-state index in [4.69, 9.17) is 0 Å². The maximum Gasteiger partial charge on any atom is 0.308 e. The van der Waals surface area contributed by atoms with Gasteiger partial charge in [0.2, 0.25) is 0 Å². The van der Waals surface area contributed by atoms with Crippen LogP contribution >= 0.6 is 0 Å². The number of nitrogens with zero attached hydrogens (tertiary/aromatic N) is 1. The molecule has 2 N–H and O–H groups in total. The Morgan fingerprint density at radius 1 is 1.07 bits per heavy atom. The third-order valence-electron chi connectivity index (χ3n) is 4.90. The minimum Gasteiger partial charge on any atom is -0.481 e. The highest BCUT2D eigenvalue weighted by molar-refractivity contribution is 6.09. The predicted octanol–water partition coefficient (Wildman–Crippen LogP) is 3.04. The molecule has 0 aliphatic carbocycles. The smallest absolute Gasteiger partial charge is 0.308 e. The molecule has 1 aliphatic heterocycles. The first-order valence-electron chi connectivity index (χ1n) is 8.86. The quantitative estimate of drug-likeness (QED) is 0.871. The molecule has 1 saturated heterocycles. The molecule has 0 bridgehead atoms. The van der Waals surface area contributed by atoms with Crippen molar-refractivity contribution in [3.05, 3.63) is 65.2 Å². The van der Waals surface area contributed by atoms with Crippen molar-refractivity contribution in [1.82, 2.24) is 4.90 Å². The summed E-state index contributed by atoms with van der Waals surface area (Å²) in [5, 5.41) is 12.1. The van der Waals surface area contributed by atoms with Crippen molar-refractivity contribution in [2.75, 3.05) is 18.4 Å². The second-order valence-corrected chi connectivity index (χ2v) is 7.00. The van der Waals surface area contributed by atoms with Gasteiger partial charge in [0.05, 0.1) is 17.2 Å². The van der Waals surface area contributed by atoms with E-state index >= 15 is 0 Å². The number of likely N-dealkylation sites (tertiary alicyclic amines) is 1. The fraction of sp³-hybridized carbons (Fsp3) is 0.286. The van der Waals surface area contributed by atoms with Crippen molar-refractivity contribution in [1.29, 1.82) is 0 Å². The van der Waals surface area contributed by atoms with E-state index in [1.807, 2.05) is 19.9 Å². The van der Waals surface area contributed by atoms with Gasteiger partial charge in [-0.1, -0.05) is 36.8 Å². The van der Waals surface area contributed by atoms with Crippen LogP contribution in [0.4, 0.5) is 5.69 Å². The largest absolute Gasteiger partial charge is 0.481 e. The molecule has 1 aliphatic rings. The minimum atomic E-state index is -0.890. The first-order chi connectivity index (χ1) is 12.9. The zero-order valence-electron chi connectivity index (χ0n) is 15.3. The number of benzene rings is 2. The Morgan fingerprint density at radius 3 is 2.48 bits per heavy atom. The van der Waals surface area contributed by atoms with Gasteiger partial charge >= 0.3 is 5.97 Å². The van der Waals surface area contributed by atoms with Gasteiger partial charge in [-0.2, -0.15) is 0 Å². The van der Waals surface area contributed by atoms with E-state index in [0.29, 0.717) is 23.4 Å². The number of hydrogen-bond donors (Lipinski definition) is 2. The first-order valence-corrected chi connectivity index (χ1v) is 8.86. The van der Waals surface area contributed by atoms with Crippen LogP contribution in [0, 0.1) is 18.8 Å². The van der Waals surface area contributed by atoms with E-state index in [9.17, 15) is 19.5 Å². The second kappa shape index (κ2) is 7.61. The molecule has 140 valence electrons. The highest BCUT2D eigenvalue weighted by Gasteiger charge is 2.37. The van der Waals surface area contributed by atoms with Crippen LogP contribution in [-0.4, -0.2) is 40.9 Å². The number of carboxylic acids is 1. The lowest BCUT2D eigenvalue weighted by Gasteiger charge is -2.18. The zero-order valence-corrected chi connectivity index (χ0v) is 15.3. The standard InChI is InChI=1S/C21H22N2O4/c1-13-6-5-7-15(10-13)19(24)22-18-9-4-3-8-16(18)20(25)23-11-14(2)17(12-23)21(26)27/h3-10,14,17H,11-12H2,1-2H3,(H,22,24)(H,26,27)/t14-,17-/m1/s1. The number of anilines is 1. The molecule has 6 heteroatoms. The van der Waals surface area contributed by atoms with Crippen LogP contribution in [0.15, 0.2) is 48.5 Å². The summed E-state index contributed by atoms with van der Waals surface area (Å²) in [5.41, 5.74) is 2.26. The molecule has 27 heavy (non-hydrogen) atoms. The molecular weight excluding hydrogens is 344 g/mol. The van der Waals surface area contributed by atoms with Crippen LogP contribution in [0.2, 0.25) is 0 Å². The first kappa shape index (κ1) is 18.6. The van der Waals surface area contributed by atoms with Crippen molar-refractivity contribution >= 4 is 23.5 Å². The fourth-order valence-corrected chi connectivity index (χ4v) is 3.38. The van der Waals surface area contributed by atoms with Crippen LogP contribution in [0.25, 0.3) is 0 Å². The van der Waals surface area contributed by atoms with Gasteiger partial charge in [-0.25, -0.2) is 0 Å². The van der Waals surface area contributed by atoms with Gasteiger partial charge in [0.15, 0.2) is 0 Å². The molecule has 2 atom stereocenters. The van der Waals surface area contributed by atoms with Gasteiger partial charge in [-0.15, -0.1) is 0 Å². The number of aryl methyl sites for hydroxylation is 1. The number of aliphatic carboxylic acids is 1. The molecule has 0 spiro atoms. The number of carbonyl (C=O) groups excluding carboxylic acids is 2. The van der Waals surface area contributed by atoms with Gasteiger partial charge in [0, 0.05) is 18.7 Å². The Hall–Kier alpha value is -3.15. The van der Waals surface area contributed by atoms with E-state index in [0.717, 1.165) is 5.56 Å². The molecule has 0 radical (unpaired) electrons. The molecule has 6 nitrogen and oxygen atoms in total. The van der Waals surface area contributed by atoms with Crippen molar-refractivity contribution in [2.45, 2.75) is 13.8 Å². The summed E-state index contributed by atoms with van der Waals surface area (Å²) in [6.07, 6.45) is 0. The lowest BCUT2D eigenvalue weighted by Crippen LogP contribution is -2.30. The Bertz CT molecular complexity index is 893. The van der Waals surface area contributed by atoms with Crippen LogP contribution in [0.3, 0.4) is 0 Å². The second-order valence-electron chi connectivity index (χ2n) is 7.00. The Labute approximate surface area is 157 Å². The third kappa shape index (κ3) is 4.00. The number of nitrogens with one attached hydrogen (secondary N) is 1. The van der Waals surface area contributed by atoms with E-state index in [1.54, 1.807) is 47.4 Å². The zero-order chi connectivity index (χ0) is 19.6. The lowest BCUT2D eigenvalue weighted by molar-refractivity contribution is -0.142. The van der Waals surface area contributed by atoms with Crippen molar-refractivity contribution in [3.8, 4) is 0 Å². The van der Waals surface area contributed by atoms with E-state index in [2.05, 4.69) is 5.32 Å². The third-order valence-corrected chi connectivity index (χ3v) is 4.90. The summed E-state index contributed by atoms with van der Waals surface area (Å²) in [6, 6.07) is 14.0. The SMILES string of the molecule is Cc1cccc(C(=O)Nc2ccccc2C(=O)N2C[C@@H](C)[C@H](C(=O)O)C2)c1. The molecule has 0 unspecified atom stereocenters. The highest BCUT2D eigenvalue weighted by Crippen LogP contribution is 2.27. The van der Waals surface area contributed by atoms with Gasteiger partial charge in [0.1, 0.15) is 0 Å². The van der Waals surface area contributed by atoms with Gasteiger partial charge < -0.3 is 15.3 Å². The van der Waals surface area contributed by atoms with Gasteiger partial charge in [0.25, 0.3) is 11.8 Å². The molecule has 0 aromatic heterocycles. The molecule has 1 heterocycles. The van der Waals surface area contributed by atoms with Crippen LogP contribution in [-0.2, 0) is 4.79 Å². The monoisotopic (exact) mass is 366 g/mol. The van der Waals surface area contributed by atoms with Crippen molar-refractivity contribution in [3.63, 3.8) is 0 Å². The van der Waals surface area contributed by atoms with E-state index in [-0.39, 0.29) is 24.3 Å². The van der Waals surface area contributed by atoms with E-state index < -0.39 is 11.9 Å². The number of carbonyl (C=O) groups is 3. The summed E-state index contributed by atoms with van der Waals surface area (Å²) < 4.78 is 0. The lowest BCUT2D eigenvalue weighted by atomic mass is 9.99. The maximum atomic E-state index is 12.9. The summed E-state index contributed by atoms with van der Waals surface area (Å²) in [5.74, 6) is -2.13. The number of para-hydroxylation sites is 1. The van der Waals surface area contributed by atoms with Crippen LogP contribution in [0.5, 0.6) is 0 Å². The van der Waals surface area contributed by atoms with Crippen molar-refractivity contribution < 1.29 is 19.5 Å². The summed E-state index contributed by atoms with van der Waals surface area (Å²) in [4.78, 5) is 38.3. The van der Waals surface area contributed by atoms with Gasteiger partial charge in [-0.3, -0.25) is 14.4 Å². The number of hydrogen-bond acceptors (Lipinski definition) is 3. The summed E-state index contributed by atoms with van der Waals surface area (Å²) in [7, 11) is 0.